The fourth-order valence-corrected chi connectivity index (χ4v) is 10.4. The molecule has 3 heteroatoms. The summed E-state index contributed by atoms with van der Waals surface area (Å²) in [4.78, 5) is 11.3. The number of fused-ring (bicyclic) bond motifs is 9. The quantitative estimate of drug-likeness (QED) is 0.181. The number of nitrogens with zero attached hydrogens (tertiary/aromatic N) is 2. The zero-order valence-electron chi connectivity index (χ0n) is 31.3. The molecule has 0 aliphatic heterocycles. The van der Waals surface area contributed by atoms with Gasteiger partial charge in [-0.2, -0.15) is 0 Å². The number of hydrogen-bond acceptors (Lipinski definition) is 3. The Labute approximate surface area is 325 Å². The molecule has 0 fully saturated rings. The van der Waals surface area contributed by atoms with Crippen LogP contribution < -0.4 is 0 Å². The highest BCUT2D eigenvalue weighted by Gasteiger charge is 2.41. The standard InChI is InChI=1S/C52H38N2S/c1-51(2)42-19-10-8-17-37(42)40-29-45-41(30-44(40)51)38-26-25-36(28-43(38)52(45,3)4)35-16-12-15-34(27-35)31-21-23-33(24-22-31)49-53-48(32-13-6-5-7-14-32)47-39-18-9-11-20-46(39)55-50(47)54-49/h5-30H,1-4H3. The summed E-state index contributed by atoms with van der Waals surface area (Å²) in [5.74, 6) is 0.748. The highest BCUT2D eigenvalue weighted by Crippen LogP contribution is 2.56. The number of aromatic nitrogens is 2. The lowest BCUT2D eigenvalue weighted by atomic mass is 9.79. The van der Waals surface area contributed by atoms with Gasteiger partial charge in [-0.05, 0) is 97.1 Å². The van der Waals surface area contributed by atoms with Crippen molar-refractivity contribution in [1.82, 2.24) is 9.97 Å². The average Bonchev–Trinajstić information content (AvgIpc) is 3.79. The van der Waals surface area contributed by atoms with Crippen molar-refractivity contribution in [1.29, 1.82) is 0 Å². The number of benzene rings is 7. The first kappa shape index (κ1) is 32.3. The first-order chi connectivity index (χ1) is 26.8. The molecule has 2 aliphatic rings. The van der Waals surface area contributed by atoms with Gasteiger partial charge in [-0.1, -0.05) is 155 Å². The highest BCUT2D eigenvalue weighted by atomic mass is 32.1. The fraction of sp³-hybridized carbons (Fsp3) is 0.115. The third-order valence-electron chi connectivity index (χ3n) is 12.3. The summed E-state index contributed by atoms with van der Waals surface area (Å²) in [6, 6.07) is 57.8. The smallest absolute Gasteiger partial charge is 0.161 e. The lowest BCUT2D eigenvalue weighted by Gasteiger charge is -2.24. The van der Waals surface area contributed by atoms with E-state index in [2.05, 4.69) is 185 Å². The molecule has 9 aromatic rings. The maximum absolute atomic E-state index is 5.21. The summed E-state index contributed by atoms with van der Waals surface area (Å²) in [6.45, 7) is 9.52. The minimum Gasteiger partial charge on any atom is -0.227 e. The fourth-order valence-electron chi connectivity index (χ4n) is 9.36. The Morgan fingerprint density at radius 3 is 1.75 bits per heavy atom. The molecule has 2 aliphatic carbocycles. The van der Waals surface area contributed by atoms with Crippen LogP contribution in [0.1, 0.15) is 49.9 Å². The summed E-state index contributed by atoms with van der Waals surface area (Å²) in [5.41, 5.74) is 19.0. The van der Waals surface area contributed by atoms with Crippen molar-refractivity contribution in [3.8, 4) is 67.2 Å². The molecule has 0 spiro atoms. The van der Waals surface area contributed by atoms with E-state index in [-0.39, 0.29) is 10.8 Å². The Hall–Kier alpha value is -6.16. The van der Waals surface area contributed by atoms with Gasteiger partial charge in [0.2, 0.25) is 0 Å². The van der Waals surface area contributed by atoms with Crippen LogP contribution in [-0.4, -0.2) is 9.97 Å². The molecule has 2 heterocycles. The Balaban J connectivity index is 0.937. The van der Waals surface area contributed by atoms with E-state index in [4.69, 9.17) is 9.97 Å². The van der Waals surface area contributed by atoms with E-state index in [0.29, 0.717) is 0 Å². The molecular weight excluding hydrogens is 685 g/mol. The second-order valence-electron chi connectivity index (χ2n) is 16.2. The van der Waals surface area contributed by atoms with Gasteiger partial charge in [-0.15, -0.1) is 11.3 Å². The third-order valence-corrected chi connectivity index (χ3v) is 13.4. The average molecular weight is 723 g/mol. The van der Waals surface area contributed by atoms with Gasteiger partial charge in [0.05, 0.1) is 5.69 Å². The van der Waals surface area contributed by atoms with Crippen molar-refractivity contribution in [2.24, 2.45) is 0 Å². The second-order valence-corrected chi connectivity index (χ2v) is 17.2. The summed E-state index contributed by atoms with van der Waals surface area (Å²) < 4.78 is 1.23. The molecular formula is C52H38N2S. The minimum atomic E-state index is -0.105. The van der Waals surface area contributed by atoms with E-state index in [1.54, 1.807) is 11.3 Å². The minimum absolute atomic E-state index is 0.0165. The topological polar surface area (TPSA) is 25.8 Å². The molecule has 11 rings (SSSR count). The summed E-state index contributed by atoms with van der Waals surface area (Å²) in [6.07, 6.45) is 0. The monoisotopic (exact) mass is 722 g/mol. The van der Waals surface area contributed by atoms with Crippen LogP contribution >= 0.6 is 11.3 Å². The first-order valence-corrected chi connectivity index (χ1v) is 20.0. The van der Waals surface area contributed by atoms with Crippen molar-refractivity contribution in [3.05, 3.63) is 180 Å². The first-order valence-electron chi connectivity index (χ1n) is 19.2. The molecule has 2 nitrogen and oxygen atoms in total. The van der Waals surface area contributed by atoms with E-state index < -0.39 is 0 Å². The molecule has 0 amide bonds. The van der Waals surface area contributed by atoms with E-state index in [1.165, 1.54) is 76.8 Å². The largest absolute Gasteiger partial charge is 0.227 e. The van der Waals surface area contributed by atoms with E-state index in [9.17, 15) is 0 Å². The van der Waals surface area contributed by atoms with E-state index >= 15 is 0 Å². The SMILES string of the molecule is CC1(C)c2ccccc2-c2cc3c(cc21)-c1ccc(-c2cccc(-c4ccc(-c5nc(-c6ccccc6)c6c(n5)sc5ccccc56)cc4)c2)cc1C3(C)C. The van der Waals surface area contributed by atoms with Gasteiger partial charge in [0.15, 0.2) is 5.82 Å². The zero-order chi connectivity index (χ0) is 37.1. The van der Waals surface area contributed by atoms with Crippen LogP contribution in [-0.2, 0) is 10.8 Å². The molecule has 0 saturated heterocycles. The van der Waals surface area contributed by atoms with Crippen LogP contribution in [0.15, 0.2) is 158 Å². The van der Waals surface area contributed by atoms with Crippen LogP contribution in [0, 0.1) is 0 Å². The lowest BCUT2D eigenvalue weighted by Crippen LogP contribution is -2.17. The molecule has 0 radical (unpaired) electrons. The molecule has 7 aromatic carbocycles. The summed E-state index contributed by atoms with van der Waals surface area (Å²) in [5, 5.41) is 2.33. The maximum Gasteiger partial charge on any atom is 0.161 e. The molecule has 2 aromatic heterocycles. The van der Waals surface area contributed by atoms with Gasteiger partial charge in [0.25, 0.3) is 0 Å². The number of thiophene rings is 1. The van der Waals surface area contributed by atoms with Crippen molar-refractivity contribution in [2.45, 2.75) is 38.5 Å². The van der Waals surface area contributed by atoms with Crippen molar-refractivity contribution < 1.29 is 0 Å². The van der Waals surface area contributed by atoms with Crippen LogP contribution in [0.5, 0.6) is 0 Å². The van der Waals surface area contributed by atoms with Gasteiger partial charge in [-0.25, -0.2) is 9.97 Å². The van der Waals surface area contributed by atoms with Crippen LogP contribution in [0.4, 0.5) is 0 Å². The Kier molecular flexibility index (Phi) is 6.85. The molecule has 0 N–H and O–H groups in total. The Morgan fingerprint density at radius 1 is 0.400 bits per heavy atom. The molecule has 0 atom stereocenters. The van der Waals surface area contributed by atoms with Crippen molar-refractivity contribution in [3.63, 3.8) is 0 Å². The van der Waals surface area contributed by atoms with Crippen LogP contribution in [0.3, 0.4) is 0 Å². The van der Waals surface area contributed by atoms with Crippen molar-refractivity contribution >= 4 is 31.6 Å². The Bertz CT molecular complexity index is 3020. The lowest BCUT2D eigenvalue weighted by molar-refractivity contribution is 0.652. The third kappa shape index (κ3) is 4.79. The second kappa shape index (κ2) is 11.7. The summed E-state index contributed by atoms with van der Waals surface area (Å²) in [7, 11) is 0. The molecule has 0 unspecified atom stereocenters. The van der Waals surface area contributed by atoms with Gasteiger partial charge in [0, 0.05) is 37.4 Å². The number of rotatable bonds is 4. The van der Waals surface area contributed by atoms with E-state index in [1.807, 2.05) is 0 Å². The summed E-state index contributed by atoms with van der Waals surface area (Å²) >= 11 is 1.73. The van der Waals surface area contributed by atoms with Gasteiger partial charge in [0.1, 0.15) is 4.83 Å². The predicted octanol–water partition coefficient (Wildman–Crippen LogP) is 14.1. The van der Waals surface area contributed by atoms with Gasteiger partial charge in [-0.3, -0.25) is 0 Å². The van der Waals surface area contributed by atoms with E-state index in [0.717, 1.165) is 32.9 Å². The molecule has 262 valence electrons. The van der Waals surface area contributed by atoms with Crippen LogP contribution in [0.25, 0.3) is 87.5 Å². The van der Waals surface area contributed by atoms with Crippen LogP contribution in [0.2, 0.25) is 0 Å². The molecule has 55 heavy (non-hydrogen) atoms. The normalized spacial score (nSPS) is 14.5. The van der Waals surface area contributed by atoms with Gasteiger partial charge >= 0.3 is 0 Å². The zero-order valence-corrected chi connectivity index (χ0v) is 32.1. The predicted molar refractivity (Wildman–Crippen MR) is 232 cm³/mol. The molecule has 0 bridgehead atoms. The highest BCUT2D eigenvalue weighted by molar-refractivity contribution is 7.25. The number of hydrogen-bond donors (Lipinski definition) is 0. The maximum atomic E-state index is 5.21. The van der Waals surface area contributed by atoms with Crippen molar-refractivity contribution in [2.75, 3.05) is 0 Å². The van der Waals surface area contributed by atoms with Gasteiger partial charge < -0.3 is 0 Å². The Morgan fingerprint density at radius 2 is 0.964 bits per heavy atom. The molecule has 0 saturated carbocycles.